The molecular formula is C11H15Cl2N. The molecule has 1 rings (SSSR count). The molecule has 0 aliphatic carbocycles. The standard InChI is InChI=1S/C11H15Cl2N/c1-3-8(14-2)7-9-10(12)5-4-6-11(9)13/h4-6,8,14H,3,7H2,1-2H3. The molecule has 3 heteroatoms. The van der Waals surface area contributed by atoms with E-state index < -0.39 is 0 Å². The van der Waals surface area contributed by atoms with E-state index in [1.54, 1.807) is 0 Å². The van der Waals surface area contributed by atoms with Gasteiger partial charge >= 0.3 is 0 Å². The number of likely N-dealkylation sites (N-methyl/N-ethyl adjacent to an activating group) is 1. The molecule has 1 aromatic rings. The third kappa shape index (κ3) is 2.88. The van der Waals surface area contributed by atoms with Gasteiger partial charge in [0, 0.05) is 16.1 Å². The molecule has 1 aromatic carbocycles. The van der Waals surface area contributed by atoms with Crippen molar-refractivity contribution in [2.75, 3.05) is 7.05 Å². The van der Waals surface area contributed by atoms with Crippen LogP contribution in [0.3, 0.4) is 0 Å². The van der Waals surface area contributed by atoms with E-state index in [4.69, 9.17) is 23.2 Å². The van der Waals surface area contributed by atoms with Gasteiger partial charge < -0.3 is 5.32 Å². The van der Waals surface area contributed by atoms with Crippen LogP contribution in [0.15, 0.2) is 18.2 Å². The van der Waals surface area contributed by atoms with Gasteiger partial charge in [0.05, 0.1) is 0 Å². The van der Waals surface area contributed by atoms with Crippen molar-refractivity contribution in [1.29, 1.82) is 0 Å². The van der Waals surface area contributed by atoms with Gasteiger partial charge in [0.15, 0.2) is 0 Å². The van der Waals surface area contributed by atoms with Gasteiger partial charge in [-0.05, 0) is 37.6 Å². The van der Waals surface area contributed by atoms with E-state index in [9.17, 15) is 0 Å². The van der Waals surface area contributed by atoms with Crippen LogP contribution in [0.5, 0.6) is 0 Å². The molecule has 1 atom stereocenters. The van der Waals surface area contributed by atoms with E-state index in [0.717, 1.165) is 28.5 Å². The minimum Gasteiger partial charge on any atom is -0.317 e. The molecule has 0 aliphatic rings. The Morgan fingerprint density at radius 2 is 1.86 bits per heavy atom. The predicted octanol–water partition coefficient (Wildman–Crippen LogP) is 3.53. The second-order valence-corrected chi connectivity index (χ2v) is 4.11. The average Bonchev–Trinajstić information content (AvgIpc) is 2.18. The second kappa shape index (κ2) is 5.59. The Hall–Kier alpha value is -0.240. The lowest BCUT2D eigenvalue weighted by Gasteiger charge is -2.15. The molecule has 0 spiro atoms. The first-order chi connectivity index (χ1) is 6.69. The summed E-state index contributed by atoms with van der Waals surface area (Å²) in [6.07, 6.45) is 1.95. The van der Waals surface area contributed by atoms with Crippen LogP contribution in [-0.2, 0) is 6.42 Å². The van der Waals surface area contributed by atoms with Crippen LogP contribution in [0.2, 0.25) is 10.0 Å². The maximum atomic E-state index is 6.08. The van der Waals surface area contributed by atoms with Crippen molar-refractivity contribution in [2.45, 2.75) is 25.8 Å². The first kappa shape index (κ1) is 11.8. The highest BCUT2D eigenvalue weighted by Gasteiger charge is 2.10. The molecule has 14 heavy (non-hydrogen) atoms. The SMILES string of the molecule is CCC(Cc1c(Cl)cccc1Cl)NC. The largest absolute Gasteiger partial charge is 0.317 e. The van der Waals surface area contributed by atoms with Crippen LogP contribution in [0.1, 0.15) is 18.9 Å². The van der Waals surface area contributed by atoms with E-state index in [1.165, 1.54) is 0 Å². The van der Waals surface area contributed by atoms with Crippen molar-refractivity contribution in [3.8, 4) is 0 Å². The van der Waals surface area contributed by atoms with Gasteiger partial charge in [-0.25, -0.2) is 0 Å². The van der Waals surface area contributed by atoms with Crippen molar-refractivity contribution in [3.05, 3.63) is 33.8 Å². The zero-order valence-electron chi connectivity index (χ0n) is 8.48. The van der Waals surface area contributed by atoms with Crippen LogP contribution in [0.4, 0.5) is 0 Å². The average molecular weight is 232 g/mol. The van der Waals surface area contributed by atoms with Gasteiger partial charge in [0.25, 0.3) is 0 Å². The van der Waals surface area contributed by atoms with Gasteiger partial charge in [-0.1, -0.05) is 36.2 Å². The van der Waals surface area contributed by atoms with E-state index in [2.05, 4.69) is 12.2 Å². The number of nitrogens with one attached hydrogen (secondary N) is 1. The molecule has 0 fully saturated rings. The summed E-state index contributed by atoms with van der Waals surface area (Å²) in [6.45, 7) is 2.14. The highest BCUT2D eigenvalue weighted by atomic mass is 35.5. The maximum absolute atomic E-state index is 6.08. The van der Waals surface area contributed by atoms with Crippen LogP contribution < -0.4 is 5.32 Å². The molecule has 1 nitrogen and oxygen atoms in total. The molecule has 0 aliphatic heterocycles. The number of rotatable bonds is 4. The Morgan fingerprint density at radius 3 is 2.29 bits per heavy atom. The second-order valence-electron chi connectivity index (χ2n) is 3.30. The number of halogens is 2. The quantitative estimate of drug-likeness (QED) is 0.837. The van der Waals surface area contributed by atoms with E-state index >= 15 is 0 Å². The monoisotopic (exact) mass is 231 g/mol. The van der Waals surface area contributed by atoms with Crippen molar-refractivity contribution >= 4 is 23.2 Å². The van der Waals surface area contributed by atoms with Gasteiger partial charge in [-0.2, -0.15) is 0 Å². The lowest BCUT2D eigenvalue weighted by atomic mass is 10.0. The fraction of sp³-hybridized carbons (Fsp3) is 0.455. The zero-order valence-corrected chi connectivity index (χ0v) is 9.99. The molecule has 1 N–H and O–H groups in total. The summed E-state index contributed by atoms with van der Waals surface area (Å²) in [5.41, 5.74) is 1.04. The minimum atomic E-state index is 0.437. The number of hydrogen-bond acceptors (Lipinski definition) is 1. The van der Waals surface area contributed by atoms with Gasteiger partial charge in [0.1, 0.15) is 0 Å². The third-order valence-electron chi connectivity index (χ3n) is 2.41. The summed E-state index contributed by atoms with van der Waals surface area (Å²) < 4.78 is 0. The molecule has 0 saturated carbocycles. The predicted molar refractivity (Wildman–Crippen MR) is 63.3 cm³/mol. The summed E-state index contributed by atoms with van der Waals surface area (Å²) in [5, 5.41) is 4.75. The summed E-state index contributed by atoms with van der Waals surface area (Å²) in [5.74, 6) is 0. The molecule has 1 unspecified atom stereocenters. The van der Waals surface area contributed by atoms with Crippen LogP contribution in [0, 0.1) is 0 Å². The summed E-state index contributed by atoms with van der Waals surface area (Å²) in [6, 6.07) is 6.07. The highest BCUT2D eigenvalue weighted by Crippen LogP contribution is 2.25. The lowest BCUT2D eigenvalue weighted by molar-refractivity contribution is 0.543. The highest BCUT2D eigenvalue weighted by molar-refractivity contribution is 6.35. The smallest absolute Gasteiger partial charge is 0.0453 e. The van der Waals surface area contributed by atoms with Crippen LogP contribution in [0.25, 0.3) is 0 Å². The maximum Gasteiger partial charge on any atom is 0.0453 e. The van der Waals surface area contributed by atoms with Gasteiger partial charge in [-0.15, -0.1) is 0 Å². The molecule has 0 heterocycles. The Labute approximate surface area is 95.4 Å². The Bertz CT molecular complexity index is 275. The fourth-order valence-corrected chi connectivity index (χ4v) is 1.98. The molecule has 0 aromatic heterocycles. The number of benzene rings is 1. The fourth-order valence-electron chi connectivity index (χ4n) is 1.42. The van der Waals surface area contributed by atoms with Gasteiger partial charge in [0.2, 0.25) is 0 Å². The van der Waals surface area contributed by atoms with E-state index in [1.807, 2.05) is 25.2 Å². The normalized spacial score (nSPS) is 12.9. The molecule has 78 valence electrons. The van der Waals surface area contributed by atoms with Crippen molar-refractivity contribution < 1.29 is 0 Å². The Morgan fingerprint density at radius 1 is 1.29 bits per heavy atom. The zero-order chi connectivity index (χ0) is 10.6. The van der Waals surface area contributed by atoms with Crippen LogP contribution >= 0.6 is 23.2 Å². The molecule has 0 radical (unpaired) electrons. The van der Waals surface area contributed by atoms with E-state index in [0.29, 0.717) is 6.04 Å². The molecular weight excluding hydrogens is 217 g/mol. The van der Waals surface area contributed by atoms with Gasteiger partial charge in [-0.3, -0.25) is 0 Å². The Balaban J connectivity index is 2.84. The topological polar surface area (TPSA) is 12.0 Å². The summed E-state index contributed by atoms with van der Waals surface area (Å²) >= 11 is 12.2. The number of hydrogen-bond donors (Lipinski definition) is 1. The molecule has 0 amide bonds. The summed E-state index contributed by atoms with van der Waals surface area (Å²) in [7, 11) is 1.96. The van der Waals surface area contributed by atoms with Crippen molar-refractivity contribution in [3.63, 3.8) is 0 Å². The molecule has 0 bridgehead atoms. The van der Waals surface area contributed by atoms with Crippen molar-refractivity contribution in [1.82, 2.24) is 5.32 Å². The minimum absolute atomic E-state index is 0.437. The first-order valence-corrected chi connectivity index (χ1v) is 5.54. The Kier molecular flexibility index (Phi) is 4.73. The van der Waals surface area contributed by atoms with Crippen molar-refractivity contribution in [2.24, 2.45) is 0 Å². The molecule has 0 saturated heterocycles. The summed E-state index contributed by atoms with van der Waals surface area (Å²) in [4.78, 5) is 0. The first-order valence-electron chi connectivity index (χ1n) is 4.79. The van der Waals surface area contributed by atoms with Crippen LogP contribution in [-0.4, -0.2) is 13.1 Å². The lowest BCUT2D eigenvalue weighted by Crippen LogP contribution is -2.26. The third-order valence-corrected chi connectivity index (χ3v) is 3.12. The van der Waals surface area contributed by atoms with E-state index in [-0.39, 0.29) is 0 Å².